The molecule has 110 valence electrons. The molecule has 0 bridgehead atoms. The number of nitrogens with zero attached hydrogens (tertiary/aromatic N) is 2. The minimum absolute atomic E-state index is 0. The van der Waals surface area contributed by atoms with Crippen molar-refractivity contribution in [3.05, 3.63) is 47.3 Å². The zero-order valence-corrected chi connectivity index (χ0v) is 12.3. The number of hydrogen-bond donors (Lipinski definition) is 1. The van der Waals surface area contributed by atoms with Crippen LogP contribution in [0.15, 0.2) is 24.4 Å². The molecule has 0 aliphatic heterocycles. The van der Waals surface area contributed by atoms with Crippen LogP contribution in [0.25, 0.3) is 0 Å². The van der Waals surface area contributed by atoms with E-state index in [4.69, 9.17) is 0 Å². The standard InChI is InChI=1S/C14H17F2N3.ClH/c1-3-6-19-9-14(10(2)18-19)17-8-11-7-12(15)4-5-13(11)16;/h4-5,7,9,17H,3,6,8H2,1-2H3;1H. The lowest BCUT2D eigenvalue weighted by molar-refractivity contribution is 0.587. The van der Waals surface area contributed by atoms with Crippen molar-refractivity contribution < 1.29 is 8.78 Å². The number of hydrogen-bond acceptors (Lipinski definition) is 2. The van der Waals surface area contributed by atoms with Crippen molar-refractivity contribution in [1.29, 1.82) is 0 Å². The summed E-state index contributed by atoms with van der Waals surface area (Å²) in [5, 5.41) is 7.43. The van der Waals surface area contributed by atoms with Gasteiger partial charge < -0.3 is 5.32 Å². The van der Waals surface area contributed by atoms with E-state index in [1.165, 1.54) is 6.07 Å². The van der Waals surface area contributed by atoms with E-state index in [-0.39, 0.29) is 19.0 Å². The number of aryl methyl sites for hydroxylation is 2. The van der Waals surface area contributed by atoms with Crippen molar-refractivity contribution in [3.8, 4) is 0 Å². The molecule has 2 rings (SSSR count). The summed E-state index contributed by atoms with van der Waals surface area (Å²) in [6.45, 7) is 5.04. The zero-order chi connectivity index (χ0) is 13.8. The molecular weight excluding hydrogens is 284 g/mol. The Morgan fingerprint density at radius 3 is 2.75 bits per heavy atom. The van der Waals surface area contributed by atoms with Gasteiger partial charge in [0, 0.05) is 24.8 Å². The average molecular weight is 302 g/mol. The lowest BCUT2D eigenvalue weighted by Gasteiger charge is -2.06. The van der Waals surface area contributed by atoms with Crippen LogP contribution < -0.4 is 5.32 Å². The Bertz CT molecular complexity index is 570. The van der Waals surface area contributed by atoms with E-state index in [1.54, 1.807) is 0 Å². The zero-order valence-electron chi connectivity index (χ0n) is 11.5. The second-order valence-electron chi connectivity index (χ2n) is 4.48. The smallest absolute Gasteiger partial charge is 0.128 e. The minimum atomic E-state index is -0.434. The van der Waals surface area contributed by atoms with Gasteiger partial charge in [0.05, 0.1) is 11.4 Å². The van der Waals surface area contributed by atoms with E-state index in [2.05, 4.69) is 17.3 Å². The molecule has 6 heteroatoms. The normalized spacial score (nSPS) is 10.2. The molecule has 0 spiro atoms. The van der Waals surface area contributed by atoms with Gasteiger partial charge in [0.2, 0.25) is 0 Å². The highest BCUT2D eigenvalue weighted by molar-refractivity contribution is 5.85. The predicted octanol–water partition coefficient (Wildman–Crippen LogP) is 3.91. The van der Waals surface area contributed by atoms with E-state index in [0.29, 0.717) is 5.56 Å². The molecular formula is C14H18ClF2N3. The molecule has 0 amide bonds. The summed E-state index contributed by atoms with van der Waals surface area (Å²) < 4.78 is 28.4. The lowest BCUT2D eigenvalue weighted by atomic mass is 10.2. The molecule has 0 saturated carbocycles. The van der Waals surface area contributed by atoms with Crippen LogP contribution in [-0.2, 0) is 13.1 Å². The monoisotopic (exact) mass is 301 g/mol. The number of halogens is 3. The molecule has 0 aliphatic rings. The first-order valence-corrected chi connectivity index (χ1v) is 6.32. The van der Waals surface area contributed by atoms with Crippen molar-refractivity contribution in [2.24, 2.45) is 0 Å². The number of aromatic nitrogens is 2. The maximum absolute atomic E-state index is 13.5. The van der Waals surface area contributed by atoms with Crippen LogP contribution in [0.4, 0.5) is 14.5 Å². The summed E-state index contributed by atoms with van der Waals surface area (Å²) in [5.74, 6) is -0.843. The minimum Gasteiger partial charge on any atom is -0.378 e. The van der Waals surface area contributed by atoms with Crippen LogP contribution in [0, 0.1) is 18.6 Å². The van der Waals surface area contributed by atoms with Crippen LogP contribution in [0.2, 0.25) is 0 Å². The fraction of sp³-hybridized carbons (Fsp3) is 0.357. The largest absolute Gasteiger partial charge is 0.378 e. The molecule has 2 aromatic rings. The molecule has 0 aliphatic carbocycles. The fourth-order valence-electron chi connectivity index (χ4n) is 1.90. The molecule has 3 nitrogen and oxygen atoms in total. The van der Waals surface area contributed by atoms with Gasteiger partial charge >= 0.3 is 0 Å². The van der Waals surface area contributed by atoms with Crippen molar-refractivity contribution >= 4 is 18.1 Å². The van der Waals surface area contributed by atoms with Gasteiger partial charge in [-0.25, -0.2) is 8.78 Å². The predicted molar refractivity (Wildman–Crippen MR) is 78.2 cm³/mol. The third-order valence-corrected chi connectivity index (χ3v) is 2.88. The van der Waals surface area contributed by atoms with Crippen LogP contribution >= 0.6 is 12.4 Å². The van der Waals surface area contributed by atoms with E-state index < -0.39 is 11.6 Å². The second-order valence-corrected chi connectivity index (χ2v) is 4.48. The highest BCUT2D eigenvalue weighted by atomic mass is 35.5. The third kappa shape index (κ3) is 3.93. The summed E-state index contributed by atoms with van der Waals surface area (Å²) in [5.41, 5.74) is 2.00. The number of rotatable bonds is 5. The molecule has 1 heterocycles. The van der Waals surface area contributed by atoms with E-state index in [0.717, 1.165) is 36.5 Å². The third-order valence-electron chi connectivity index (χ3n) is 2.88. The number of nitrogens with one attached hydrogen (secondary N) is 1. The van der Waals surface area contributed by atoms with Gasteiger partial charge in [-0.1, -0.05) is 6.92 Å². The van der Waals surface area contributed by atoms with Crippen LogP contribution in [-0.4, -0.2) is 9.78 Å². The summed E-state index contributed by atoms with van der Waals surface area (Å²) in [4.78, 5) is 0. The van der Waals surface area contributed by atoms with Gasteiger partial charge in [0.15, 0.2) is 0 Å². The van der Waals surface area contributed by atoms with Crippen molar-refractivity contribution in [3.63, 3.8) is 0 Å². The number of benzene rings is 1. The molecule has 0 fully saturated rings. The summed E-state index contributed by atoms with van der Waals surface area (Å²) >= 11 is 0. The Morgan fingerprint density at radius 1 is 1.30 bits per heavy atom. The van der Waals surface area contributed by atoms with Gasteiger partial charge in [-0.2, -0.15) is 5.10 Å². The topological polar surface area (TPSA) is 29.9 Å². The lowest BCUT2D eigenvalue weighted by Crippen LogP contribution is -2.02. The first kappa shape index (κ1) is 16.4. The first-order valence-electron chi connectivity index (χ1n) is 6.32. The molecule has 0 saturated heterocycles. The van der Waals surface area contributed by atoms with Crippen LogP contribution in [0.3, 0.4) is 0 Å². The highest BCUT2D eigenvalue weighted by Gasteiger charge is 2.07. The van der Waals surface area contributed by atoms with Crippen molar-refractivity contribution in [1.82, 2.24) is 9.78 Å². The Morgan fingerprint density at radius 2 is 2.05 bits per heavy atom. The SMILES string of the molecule is CCCn1cc(NCc2cc(F)ccc2F)c(C)n1.Cl. The van der Waals surface area contributed by atoms with Crippen LogP contribution in [0.5, 0.6) is 0 Å². The molecule has 0 unspecified atom stereocenters. The fourth-order valence-corrected chi connectivity index (χ4v) is 1.90. The molecule has 1 aromatic carbocycles. The van der Waals surface area contributed by atoms with Gasteiger partial charge in [-0.15, -0.1) is 12.4 Å². The van der Waals surface area contributed by atoms with E-state index in [9.17, 15) is 8.78 Å². The van der Waals surface area contributed by atoms with E-state index >= 15 is 0 Å². The first-order chi connectivity index (χ1) is 9.10. The van der Waals surface area contributed by atoms with E-state index in [1.807, 2.05) is 17.8 Å². The van der Waals surface area contributed by atoms with Gasteiger partial charge in [0.1, 0.15) is 11.6 Å². The van der Waals surface area contributed by atoms with Crippen molar-refractivity contribution in [2.75, 3.05) is 5.32 Å². The average Bonchev–Trinajstić information content (AvgIpc) is 2.71. The molecule has 20 heavy (non-hydrogen) atoms. The highest BCUT2D eigenvalue weighted by Crippen LogP contribution is 2.16. The summed E-state index contributed by atoms with van der Waals surface area (Å²) in [7, 11) is 0. The quantitative estimate of drug-likeness (QED) is 0.907. The molecule has 0 radical (unpaired) electrons. The Labute approximate surface area is 123 Å². The van der Waals surface area contributed by atoms with Crippen LogP contribution in [0.1, 0.15) is 24.6 Å². The molecule has 1 aromatic heterocycles. The second kappa shape index (κ2) is 7.24. The maximum atomic E-state index is 13.5. The molecule has 0 atom stereocenters. The Balaban J connectivity index is 0.00000200. The van der Waals surface area contributed by atoms with Gasteiger partial charge in [-0.3, -0.25) is 4.68 Å². The maximum Gasteiger partial charge on any atom is 0.128 e. The van der Waals surface area contributed by atoms with Crippen molar-refractivity contribution in [2.45, 2.75) is 33.4 Å². The van der Waals surface area contributed by atoms with Gasteiger partial charge in [0.25, 0.3) is 0 Å². The van der Waals surface area contributed by atoms with Gasteiger partial charge in [-0.05, 0) is 31.5 Å². The summed E-state index contributed by atoms with van der Waals surface area (Å²) in [6.07, 6.45) is 2.88. The Kier molecular flexibility index (Phi) is 5.95. The molecule has 1 N–H and O–H groups in total. The Hall–Kier alpha value is -1.62. The summed E-state index contributed by atoms with van der Waals surface area (Å²) in [6, 6.07) is 3.46. The number of anilines is 1.